The molecule has 0 unspecified atom stereocenters. The Morgan fingerprint density at radius 1 is 1.20 bits per heavy atom. The molecule has 25 heavy (non-hydrogen) atoms. The lowest BCUT2D eigenvalue weighted by Gasteiger charge is -2.37. The molecule has 2 aromatic carbocycles. The number of rotatable bonds is 5. The van der Waals surface area contributed by atoms with Crippen molar-refractivity contribution in [2.24, 2.45) is 0 Å². The van der Waals surface area contributed by atoms with E-state index in [1.165, 1.54) is 11.3 Å². The van der Waals surface area contributed by atoms with E-state index in [0.29, 0.717) is 0 Å². The number of hydrogen-bond acceptors (Lipinski definition) is 3. The summed E-state index contributed by atoms with van der Waals surface area (Å²) in [6.45, 7) is 5.51. The molecule has 1 atom stereocenters. The van der Waals surface area contributed by atoms with Crippen molar-refractivity contribution in [2.45, 2.75) is 19.6 Å². The molecule has 5 heteroatoms. The monoisotopic (exact) mass is 355 g/mol. The van der Waals surface area contributed by atoms with Crippen molar-refractivity contribution in [3.63, 3.8) is 0 Å². The minimum Gasteiger partial charge on any atom is -0.485 e. The van der Waals surface area contributed by atoms with E-state index >= 15 is 0 Å². The molecule has 1 N–H and O–H groups in total. The summed E-state index contributed by atoms with van der Waals surface area (Å²) >= 11 is 5.53. The first-order valence-electron chi connectivity index (χ1n) is 8.71. The SMILES string of the molecule is CCN1C[C@@H](CN(C)C(=S)NCc2ccccc2)Oc2ccccc21. The lowest BCUT2D eigenvalue weighted by molar-refractivity contribution is 0.168. The Morgan fingerprint density at radius 2 is 1.92 bits per heavy atom. The van der Waals surface area contributed by atoms with E-state index < -0.39 is 0 Å². The van der Waals surface area contributed by atoms with Crippen LogP contribution in [0.15, 0.2) is 54.6 Å². The van der Waals surface area contributed by atoms with Gasteiger partial charge in [-0.15, -0.1) is 0 Å². The van der Waals surface area contributed by atoms with Crippen molar-refractivity contribution in [1.82, 2.24) is 10.2 Å². The summed E-state index contributed by atoms with van der Waals surface area (Å²) in [5.74, 6) is 0.956. The van der Waals surface area contributed by atoms with Gasteiger partial charge in [0, 0.05) is 20.1 Å². The predicted molar refractivity (Wildman–Crippen MR) is 107 cm³/mol. The van der Waals surface area contributed by atoms with Crippen LogP contribution < -0.4 is 15.0 Å². The fourth-order valence-electron chi connectivity index (χ4n) is 3.07. The molecule has 0 radical (unpaired) electrons. The average molecular weight is 356 g/mol. The van der Waals surface area contributed by atoms with Gasteiger partial charge in [-0.2, -0.15) is 0 Å². The highest BCUT2D eigenvalue weighted by molar-refractivity contribution is 7.80. The predicted octanol–water partition coefficient (Wildman–Crippen LogP) is 3.28. The third-order valence-corrected chi connectivity index (χ3v) is 4.87. The van der Waals surface area contributed by atoms with Crippen LogP contribution in [-0.2, 0) is 6.54 Å². The van der Waals surface area contributed by atoms with Crippen LogP contribution in [-0.4, -0.2) is 42.8 Å². The number of anilines is 1. The first-order valence-corrected chi connectivity index (χ1v) is 9.11. The molecule has 0 saturated heterocycles. The van der Waals surface area contributed by atoms with E-state index in [1.54, 1.807) is 0 Å². The summed E-state index contributed by atoms with van der Waals surface area (Å²) < 4.78 is 6.18. The number of ether oxygens (including phenoxy) is 1. The summed E-state index contributed by atoms with van der Waals surface area (Å²) in [7, 11) is 2.01. The van der Waals surface area contributed by atoms with Gasteiger partial charge in [0.05, 0.1) is 18.8 Å². The summed E-state index contributed by atoms with van der Waals surface area (Å²) in [5.41, 5.74) is 2.40. The zero-order valence-electron chi connectivity index (χ0n) is 14.8. The minimum atomic E-state index is 0.0938. The maximum absolute atomic E-state index is 6.18. The third-order valence-electron chi connectivity index (χ3n) is 4.42. The smallest absolute Gasteiger partial charge is 0.169 e. The van der Waals surface area contributed by atoms with Crippen LogP contribution in [0.2, 0.25) is 0 Å². The number of benzene rings is 2. The molecule has 1 aliphatic heterocycles. The molecule has 0 amide bonds. The Morgan fingerprint density at radius 3 is 2.68 bits per heavy atom. The number of likely N-dealkylation sites (N-methyl/N-ethyl adjacent to an activating group) is 2. The van der Waals surface area contributed by atoms with Crippen molar-refractivity contribution >= 4 is 23.0 Å². The molecule has 1 heterocycles. The van der Waals surface area contributed by atoms with Crippen LogP contribution in [0.1, 0.15) is 12.5 Å². The second-order valence-electron chi connectivity index (χ2n) is 6.27. The molecular formula is C20H25N3OS. The molecule has 132 valence electrons. The first-order chi connectivity index (χ1) is 12.2. The van der Waals surface area contributed by atoms with Crippen molar-refractivity contribution in [1.29, 1.82) is 0 Å². The lowest BCUT2D eigenvalue weighted by atomic mass is 10.2. The third kappa shape index (κ3) is 4.42. The topological polar surface area (TPSA) is 27.7 Å². The van der Waals surface area contributed by atoms with E-state index in [2.05, 4.69) is 46.3 Å². The fraction of sp³-hybridized carbons (Fsp3) is 0.350. The van der Waals surface area contributed by atoms with E-state index in [1.807, 2.05) is 37.4 Å². The summed E-state index contributed by atoms with van der Waals surface area (Å²) in [6.07, 6.45) is 0.0938. The minimum absolute atomic E-state index is 0.0938. The normalized spacial score (nSPS) is 15.9. The van der Waals surface area contributed by atoms with Gasteiger partial charge in [-0.1, -0.05) is 42.5 Å². The van der Waals surface area contributed by atoms with Crippen molar-refractivity contribution in [2.75, 3.05) is 31.6 Å². The number of nitrogens with zero attached hydrogens (tertiary/aromatic N) is 2. The average Bonchev–Trinajstić information content (AvgIpc) is 2.66. The molecule has 1 aliphatic rings. The number of nitrogens with one attached hydrogen (secondary N) is 1. The Hall–Kier alpha value is -2.27. The van der Waals surface area contributed by atoms with Gasteiger partial charge in [-0.25, -0.2) is 0 Å². The summed E-state index contributed by atoms with van der Waals surface area (Å²) in [4.78, 5) is 4.42. The highest BCUT2D eigenvalue weighted by Gasteiger charge is 2.25. The zero-order chi connectivity index (χ0) is 17.6. The van der Waals surface area contributed by atoms with Crippen LogP contribution in [0, 0.1) is 0 Å². The maximum Gasteiger partial charge on any atom is 0.169 e. The molecule has 4 nitrogen and oxygen atoms in total. The summed E-state index contributed by atoms with van der Waals surface area (Å²) in [5, 5.41) is 4.07. The molecule has 0 fully saturated rings. The molecule has 0 aromatic heterocycles. The molecular weight excluding hydrogens is 330 g/mol. The molecule has 0 saturated carbocycles. The molecule has 2 aromatic rings. The number of fused-ring (bicyclic) bond motifs is 1. The van der Waals surface area contributed by atoms with Gasteiger partial charge in [-0.3, -0.25) is 0 Å². The Balaban J connectivity index is 1.56. The molecule has 0 aliphatic carbocycles. The first kappa shape index (κ1) is 17.5. The largest absolute Gasteiger partial charge is 0.485 e. The van der Waals surface area contributed by atoms with E-state index in [4.69, 9.17) is 17.0 Å². The Kier molecular flexibility index (Phi) is 5.76. The van der Waals surface area contributed by atoms with Gasteiger partial charge in [0.15, 0.2) is 5.11 Å². The van der Waals surface area contributed by atoms with Crippen LogP contribution in [0.25, 0.3) is 0 Å². The van der Waals surface area contributed by atoms with Gasteiger partial charge in [-0.05, 0) is 36.8 Å². The Labute approximate surface area is 155 Å². The van der Waals surface area contributed by atoms with E-state index in [-0.39, 0.29) is 6.10 Å². The molecule has 3 rings (SSSR count). The van der Waals surface area contributed by atoms with Gasteiger partial charge >= 0.3 is 0 Å². The van der Waals surface area contributed by atoms with Gasteiger partial charge in [0.25, 0.3) is 0 Å². The number of hydrogen-bond donors (Lipinski definition) is 1. The number of para-hydroxylation sites is 2. The molecule has 0 spiro atoms. The van der Waals surface area contributed by atoms with Gasteiger partial charge in [0.1, 0.15) is 11.9 Å². The second-order valence-corrected chi connectivity index (χ2v) is 6.66. The standard InChI is InChI=1S/C20H25N3OS/c1-3-23-15-17(24-19-12-8-7-11-18(19)23)14-22(2)20(25)21-13-16-9-5-4-6-10-16/h4-12,17H,3,13-15H2,1-2H3,(H,21,25)/t17-/m1/s1. The lowest BCUT2D eigenvalue weighted by Crippen LogP contribution is -2.48. The highest BCUT2D eigenvalue weighted by Crippen LogP contribution is 2.32. The highest BCUT2D eigenvalue weighted by atomic mass is 32.1. The van der Waals surface area contributed by atoms with Crippen molar-refractivity contribution in [3.8, 4) is 5.75 Å². The molecule has 0 bridgehead atoms. The second kappa shape index (κ2) is 8.21. The number of thiocarbonyl (C=S) groups is 1. The fourth-order valence-corrected chi connectivity index (χ4v) is 3.22. The quantitative estimate of drug-likeness (QED) is 0.831. The van der Waals surface area contributed by atoms with E-state index in [9.17, 15) is 0 Å². The van der Waals surface area contributed by atoms with Gasteiger partial charge in [0.2, 0.25) is 0 Å². The maximum atomic E-state index is 6.18. The van der Waals surface area contributed by atoms with Crippen molar-refractivity contribution in [3.05, 3.63) is 60.2 Å². The Bertz CT molecular complexity index is 707. The van der Waals surface area contributed by atoms with Crippen molar-refractivity contribution < 1.29 is 4.74 Å². The van der Waals surface area contributed by atoms with Gasteiger partial charge < -0.3 is 19.9 Å². The van der Waals surface area contributed by atoms with Crippen LogP contribution in [0.3, 0.4) is 0 Å². The van der Waals surface area contributed by atoms with Crippen LogP contribution in [0.4, 0.5) is 5.69 Å². The van der Waals surface area contributed by atoms with Crippen LogP contribution in [0.5, 0.6) is 5.75 Å². The van der Waals surface area contributed by atoms with E-state index in [0.717, 1.165) is 37.0 Å². The zero-order valence-corrected chi connectivity index (χ0v) is 15.6. The van der Waals surface area contributed by atoms with Crippen LogP contribution >= 0.6 is 12.2 Å². The summed E-state index contributed by atoms with van der Waals surface area (Å²) in [6, 6.07) is 18.5.